The van der Waals surface area contributed by atoms with Crippen molar-refractivity contribution in [1.29, 1.82) is 0 Å². The van der Waals surface area contributed by atoms with Crippen LogP contribution >= 0.6 is 15.9 Å². The lowest BCUT2D eigenvalue weighted by Crippen LogP contribution is -2.36. The fourth-order valence-electron chi connectivity index (χ4n) is 2.85. The fraction of sp³-hybridized carbons (Fsp3) is 0.238. The molecule has 0 N–H and O–H groups in total. The number of benzene rings is 2. The zero-order valence-corrected chi connectivity index (χ0v) is 17.1. The summed E-state index contributed by atoms with van der Waals surface area (Å²) in [5.41, 5.74) is 3.17. The molecule has 140 valence electrons. The van der Waals surface area contributed by atoms with Crippen molar-refractivity contribution >= 4 is 21.8 Å². The van der Waals surface area contributed by atoms with E-state index in [4.69, 9.17) is 0 Å². The van der Waals surface area contributed by atoms with Gasteiger partial charge in [-0.05, 0) is 30.8 Å². The van der Waals surface area contributed by atoms with Crippen molar-refractivity contribution in [2.75, 3.05) is 20.6 Å². The lowest BCUT2D eigenvalue weighted by Gasteiger charge is -2.22. The van der Waals surface area contributed by atoms with Crippen LogP contribution in [0.5, 0.6) is 0 Å². The number of aromatic nitrogens is 2. The first-order valence-corrected chi connectivity index (χ1v) is 9.57. The Bertz CT molecular complexity index is 894. The van der Waals surface area contributed by atoms with Crippen molar-refractivity contribution in [2.24, 2.45) is 0 Å². The molecule has 3 rings (SSSR count). The van der Waals surface area contributed by atoms with Crippen LogP contribution in [0.15, 0.2) is 71.5 Å². The predicted octanol–water partition coefficient (Wildman–Crippen LogP) is 3.73. The maximum Gasteiger partial charge on any atom is 0.236 e. The van der Waals surface area contributed by atoms with Crippen molar-refractivity contribution < 1.29 is 4.79 Å². The van der Waals surface area contributed by atoms with E-state index in [0.717, 1.165) is 15.7 Å². The summed E-state index contributed by atoms with van der Waals surface area (Å²) in [6.45, 7) is 1.62. The largest absolute Gasteiger partial charge is 0.340 e. The average molecular weight is 427 g/mol. The molecule has 0 fully saturated rings. The Balaban J connectivity index is 1.55. The second kappa shape index (κ2) is 8.97. The Labute approximate surface area is 168 Å². The van der Waals surface area contributed by atoms with Crippen LogP contribution in [0.4, 0.5) is 0 Å². The molecule has 0 saturated heterocycles. The molecule has 5 nitrogen and oxygen atoms in total. The van der Waals surface area contributed by atoms with E-state index in [0.29, 0.717) is 19.6 Å². The van der Waals surface area contributed by atoms with E-state index in [2.05, 4.69) is 27.1 Å². The molecule has 6 heteroatoms. The minimum atomic E-state index is 0.0806. The van der Waals surface area contributed by atoms with Crippen LogP contribution in [-0.4, -0.2) is 46.1 Å². The molecule has 0 aliphatic rings. The van der Waals surface area contributed by atoms with E-state index in [1.807, 2.05) is 84.6 Å². The predicted molar refractivity (Wildman–Crippen MR) is 111 cm³/mol. The molecular formula is C21H23BrN4O. The van der Waals surface area contributed by atoms with Crippen LogP contribution in [0.25, 0.3) is 5.69 Å². The smallest absolute Gasteiger partial charge is 0.236 e. The molecule has 0 atom stereocenters. The van der Waals surface area contributed by atoms with Crippen LogP contribution in [0.3, 0.4) is 0 Å². The molecule has 0 saturated carbocycles. The van der Waals surface area contributed by atoms with Crippen molar-refractivity contribution in [3.63, 3.8) is 0 Å². The van der Waals surface area contributed by atoms with Gasteiger partial charge in [0.1, 0.15) is 0 Å². The summed E-state index contributed by atoms with van der Waals surface area (Å²) in [5, 5.41) is 4.39. The quantitative estimate of drug-likeness (QED) is 0.577. The van der Waals surface area contributed by atoms with Gasteiger partial charge in [0, 0.05) is 36.4 Å². The summed E-state index contributed by atoms with van der Waals surface area (Å²) in [6.07, 6.45) is 3.77. The third kappa shape index (κ3) is 5.28. The maximum absolute atomic E-state index is 12.6. The van der Waals surface area contributed by atoms with Crippen molar-refractivity contribution in [2.45, 2.75) is 13.1 Å². The summed E-state index contributed by atoms with van der Waals surface area (Å²) >= 11 is 3.55. The Morgan fingerprint density at radius 3 is 2.48 bits per heavy atom. The molecule has 0 bridgehead atoms. The number of likely N-dealkylation sites (N-methyl/N-ethyl adjacent to an activating group) is 2. The second-order valence-corrected chi connectivity index (χ2v) is 7.50. The van der Waals surface area contributed by atoms with E-state index in [-0.39, 0.29) is 5.91 Å². The molecule has 1 amide bonds. The molecule has 0 unspecified atom stereocenters. The van der Waals surface area contributed by atoms with E-state index >= 15 is 0 Å². The minimum Gasteiger partial charge on any atom is -0.340 e. The van der Waals surface area contributed by atoms with Gasteiger partial charge in [-0.1, -0.05) is 52.3 Å². The molecule has 27 heavy (non-hydrogen) atoms. The second-order valence-electron chi connectivity index (χ2n) is 6.64. The van der Waals surface area contributed by atoms with Crippen molar-refractivity contribution in [1.82, 2.24) is 19.6 Å². The van der Waals surface area contributed by atoms with Gasteiger partial charge in [0.25, 0.3) is 0 Å². The first kappa shape index (κ1) is 19.3. The standard InChI is InChI=1S/C21H23BrN4O/c1-24(15-18-8-6-7-11-20(18)22)16-21(27)25(2)13-17-12-23-26(14-17)19-9-4-3-5-10-19/h3-12,14H,13,15-16H2,1-2H3. The van der Waals surface area contributed by atoms with Crippen LogP contribution < -0.4 is 0 Å². The highest BCUT2D eigenvalue weighted by Gasteiger charge is 2.14. The summed E-state index contributed by atoms with van der Waals surface area (Å²) < 4.78 is 2.89. The first-order chi connectivity index (χ1) is 13.0. The van der Waals surface area contributed by atoms with E-state index in [9.17, 15) is 4.79 Å². The van der Waals surface area contributed by atoms with Gasteiger partial charge in [0.15, 0.2) is 0 Å². The first-order valence-electron chi connectivity index (χ1n) is 8.78. The Morgan fingerprint density at radius 1 is 1.04 bits per heavy atom. The zero-order valence-electron chi connectivity index (χ0n) is 15.5. The van der Waals surface area contributed by atoms with Gasteiger partial charge >= 0.3 is 0 Å². The third-order valence-electron chi connectivity index (χ3n) is 4.31. The third-order valence-corrected chi connectivity index (χ3v) is 5.08. The molecule has 0 aliphatic carbocycles. The number of amides is 1. The summed E-state index contributed by atoms with van der Waals surface area (Å²) in [4.78, 5) is 16.3. The normalized spacial score (nSPS) is 11.0. The van der Waals surface area contributed by atoms with Gasteiger partial charge in [-0.25, -0.2) is 4.68 Å². The van der Waals surface area contributed by atoms with E-state index in [1.165, 1.54) is 5.56 Å². The van der Waals surface area contributed by atoms with E-state index in [1.54, 1.807) is 4.90 Å². The molecular weight excluding hydrogens is 404 g/mol. The summed E-state index contributed by atoms with van der Waals surface area (Å²) in [6, 6.07) is 18.0. The Kier molecular flexibility index (Phi) is 6.42. The van der Waals surface area contributed by atoms with Crippen LogP contribution in [-0.2, 0) is 17.9 Å². The molecule has 2 aromatic carbocycles. The van der Waals surface area contributed by atoms with Gasteiger partial charge in [0.2, 0.25) is 5.91 Å². The molecule has 0 radical (unpaired) electrons. The molecule has 3 aromatic rings. The topological polar surface area (TPSA) is 41.4 Å². The highest BCUT2D eigenvalue weighted by Crippen LogP contribution is 2.17. The number of carbonyl (C=O) groups is 1. The van der Waals surface area contributed by atoms with Crippen molar-refractivity contribution in [3.05, 3.63) is 82.6 Å². The fourth-order valence-corrected chi connectivity index (χ4v) is 3.26. The van der Waals surface area contributed by atoms with Gasteiger partial charge in [-0.15, -0.1) is 0 Å². The summed E-state index contributed by atoms with van der Waals surface area (Å²) in [7, 11) is 3.78. The Hall–Kier alpha value is -2.44. The molecule has 1 heterocycles. The average Bonchev–Trinajstić information content (AvgIpc) is 3.13. The van der Waals surface area contributed by atoms with E-state index < -0.39 is 0 Å². The SMILES string of the molecule is CN(CC(=O)N(C)Cc1cnn(-c2ccccc2)c1)Cc1ccccc1Br. The number of para-hydroxylation sites is 1. The highest BCUT2D eigenvalue weighted by molar-refractivity contribution is 9.10. The number of nitrogens with zero attached hydrogens (tertiary/aromatic N) is 4. The number of carbonyl (C=O) groups excluding carboxylic acids is 1. The van der Waals surface area contributed by atoms with Crippen LogP contribution in [0, 0.1) is 0 Å². The number of halogens is 1. The number of hydrogen-bond acceptors (Lipinski definition) is 3. The van der Waals surface area contributed by atoms with Gasteiger partial charge < -0.3 is 4.90 Å². The molecule has 0 aliphatic heterocycles. The van der Waals surface area contributed by atoms with Crippen molar-refractivity contribution in [3.8, 4) is 5.69 Å². The van der Waals surface area contributed by atoms with Gasteiger partial charge in [0.05, 0.1) is 18.4 Å². The van der Waals surface area contributed by atoms with Crippen LogP contribution in [0.1, 0.15) is 11.1 Å². The van der Waals surface area contributed by atoms with Gasteiger partial charge in [-0.2, -0.15) is 5.10 Å². The van der Waals surface area contributed by atoms with Crippen LogP contribution in [0.2, 0.25) is 0 Å². The highest BCUT2D eigenvalue weighted by atomic mass is 79.9. The molecule has 0 spiro atoms. The monoisotopic (exact) mass is 426 g/mol. The Morgan fingerprint density at radius 2 is 1.74 bits per heavy atom. The maximum atomic E-state index is 12.6. The lowest BCUT2D eigenvalue weighted by atomic mass is 10.2. The zero-order chi connectivity index (χ0) is 19.2. The number of rotatable bonds is 7. The minimum absolute atomic E-state index is 0.0806. The number of hydrogen-bond donors (Lipinski definition) is 0. The van der Waals surface area contributed by atoms with Gasteiger partial charge in [-0.3, -0.25) is 9.69 Å². The summed E-state index contributed by atoms with van der Waals surface area (Å²) in [5.74, 6) is 0.0806. The lowest BCUT2D eigenvalue weighted by molar-refractivity contribution is -0.131. The molecule has 1 aromatic heterocycles.